The number of benzene rings is 1. The summed E-state index contributed by atoms with van der Waals surface area (Å²) in [6, 6.07) is 10.2. The van der Waals surface area contributed by atoms with Crippen LogP contribution >= 0.6 is 0 Å². The van der Waals surface area contributed by atoms with Gasteiger partial charge in [-0.2, -0.15) is 0 Å². The fraction of sp³-hybridized carbons (Fsp3) is 0.471. The van der Waals surface area contributed by atoms with Gasteiger partial charge < -0.3 is 15.0 Å². The topological polar surface area (TPSA) is 37.4 Å². The molecule has 0 unspecified atom stereocenters. The maximum atomic E-state index is 5.37. The molecule has 1 N–H and O–H groups in total. The van der Waals surface area contributed by atoms with Crippen molar-refractivity contribution in [2.24, 2.45) is 0 Å². The highest BCUT2D eigenvalue weighted by Crippen LogP contribution is 2.23. The molecule has 0 radical (unpaired) electrons. The molecule has 4 nitrogen and oxygen atoms in total. The molecule has 21 heavy (non-hydrogen) atoms. The van der Waals surface area contributed by atoms with E-state index in [9.17, 15) is 0 Å². The van der Waals surface area contributed by atoms with Gasteiger partial charge in [-0.1, -0.05) is 18.2 Å². The van der Waals surface area contributed by atoms with Crippen molar-refractivity contribution < 1.29 is 4.74 Å². The Kier molecular flexibility index (Phi) is 5.96. The van der Waals surface area contributed by atoms with Crippen LogP contribution in [-0.4, -0.2) is 44.2 Å². The summed E-state index contributed by atoms with van der Waals surface area (Å²) < 4.78 is 5.37. The van der Waals surface area contributed by atoms with Crippen LogP contribution < -0.4 is 10.1 Å². The van der Waals surface area contributed by atoms with Crippen molar-refractivity contribution >= 4 is 10.9 Å². The number of methoxy groups -OCH3 is 1. The standard InChI is InChI=1S/C17H25N3O/c1-20(2)12-5-4-11-18-13-15-10-9-14-7-6-8-16(21-3)17(14)19-15/h6-10,18H,4-5,11-13H2,1-3H3. The summed E-state index contributed by atoms with van der Waals surface area (Å²) in [5.74, 6) is 0.834. The number of aromatic nitrogens is 1. The third-order valence-electron chi connectivity index (χ3n) is 3.48. The molecular weight excluding hydrogens is 262 g/mol. The van der Waals surface area contributed by atoms with Crippen molar-refractivity contribution in [3.63, 3.8) is 0 Å². The molecule has 0 atom stereocenters. The molecular formula is C17H25N3O. The molecule has 2 aromatic rings. The van der Waals surface area contributed by atoms with E-state index in [0.29, 0.717) is 0 Å². The highest BCUT2D eigenvalue weighted by molar-refractivity contribution is 5.84. The Balaban J connectivity index is 1.88. The van der Waals surface area contributed by atoms with E-state index in [4.69, 9.17) is 9.72 Å². The maximum Gasteiger partial charge on any atom is 0.145 e. The molecule has 1 heterocycles. The van der Waals surface area contributed by atoms with E-state index in [1.54, 1.807) is 7.11 Å². The largest absolute Gasteiger partial charge is 0.494 e. The van der Waals surface area contributed by atoms with Gasteiger partial charge in [0, 0.05) is 11.9 Å². The van der Waals surface area contributed by atoms with Crippen molar-refractivity contribution in [1.82, 2.24) is 15.2 Å². The molecule has 2 rings (SSSR count). The number of hydrogen-bond donors (Lipinski definition) is 1. The summed E-state index contributed by atoms with van der Waals surface area (Å²) in [4.78, 5) is 6.92. The first kappa shape index (κ1) is 15.7. The highest BCUT2D eigenvalue weighted by Gasteiger charge is 2.03. The number of ether oxygens (including phenoxy) is 1. The molecule has 0 amide bonds. The summed E-state index contributed by atoms with van der Waals surface area (Å²) in [5, 5.41) is 4.57. The van der Waals surface area contributed by atoms with Gasteiger partial charge in [-0.15, -0.1) is 0 Å². The molecule has 0 aliphatic heterocycles. The minimum absolute atomic E-state index is 0.802. The van der Waals surface area contributed by atoms with Gasteiger partial charge in [0.1, 0.15) is 11.3 Å². The molecule has 1 aromatic heterocycles. The zero-order valence-corrected chi connectivity index (χ0v) is 13.2. The Morgan fingerprint density at radius 2 is 2.00 bits per heavy atom. The maximum absolute atomic E-state index is 5.37. The van der Waals surface area contributed by atoms with E-state index < -0.39 is 0 Å². The molecule has 1 aromatic carbocycles. The lowest BCUT2D eigenvalue weighted by molar-refractivity contribution is 0.391. The Morgan fingerprint density at radius 1 is 1.14 bits per heavy atom. The van der Waals surface area contributed by atoms with Gasteiger partial charge in [-0.05, 0) is 52.2 Å². The predicted octanol–water partition coefficient (Wildman–Crippen LogP) is 2.67. The third kappa shape index (κ3) is 4.69. The zero-order chi connectivity index (χ0) is 15.1. The second kappa shape index (κ2) is 7.96. The van der Waals surface area contributed by atoms with Crippen LogP contribution in [0.25, 0.3) is 10.9 Å². The second-order valence-corrected chi connectivity index (χ2v) is 5.52. The smallest absolute Gasteiger partial charge is 0.145 e. The summed E-state index contributed by atoms with van der Waals surface area (Å²) in [5.41, 5.74) is 1.99. The average molecular weight is 287 g/mol. The van der Waals surface area contributed by atoms with E-state index in [0.717, 1.165) is 42.0 Å². The molecule has 0 saturated heterocycles. The second-order valence-electron chi connectivity index (χ2n) is 5.52. The first-order valence-corrected chi connectivity index (χ1v) is 7.49. The van der Waals surface area contributed by atoms with E-state index in [1.165, 1.54) is 12.8 Å². The van der Waals surface area contributed by atoms with Crippen molar-refractivity contribution in [2.45, 2.75) is 19.4 Å². The minimum Gasteiger partial charge on any atom is -0.494 e. The molecule has 0 bridgehead atoms. The van der Waals surface area contributed by atoms with Crippen molar-refractivity contribution in [3.05, 3.63) is 36.0 Å². The monoisotopic (exact) mass is 287 g/mol. The number of para-hydroxylation sites is 1. The molecule has 0 aliphatic rings. The number of pyridine rings is 1. The Labute approximate surface area is 127 Å². The van der Waals surface area contributed by atoms with E-state index in [1.807, 2.05) is 12.1 Å². The van der Waals surface area contributed by atoms with Gasteiger partial charge >= 0.3 is 0 Å². The van der Waals surface area contributed by atoms with Gasteiger partial charge in [-0.3, -0.25) is 0 Å². The first-order chi connectivity index (χ1) is 10.2. The molecule has 0 saturated carbocycles. The SMILES string of the molecule is COc1cccc2ccc(CNCCCCN(C)C)nc12. The summed E-state index contributed by atoms with van der Waals surface area (Å²) in [7, 11) is 5.91. The van der Waals surface area contributed by atoms with Gasteiger partial charge in [0.15, 0.2) is 0 Å². The van der Waals surface area contributed by atoms with E-state index in [2.05, 4.69) is 42.5 Å². The highest BCUT2D eigenvalue weighted by atomic mass is 16.5. The molecule has 0 spiro atoms. The summed E-state index contributed by atoms with van der Waals surface area (Å²) in [6.07, 6.45) is 2.41. The van der Waals surface area contributed by atoms with Crippen LogP contribution in [0, 0.1) is 0 Å². The lowest BCUT2D eigenvalue weighted by Gasteiger charge is -2.10. The van der Waals surface area contributed by atoms with Crippen LogP contribution in [0.3, 0.4) is 0 Å². The number of nitrogens with zero attached hydrogens (tertiary/aromatic N) is 2. The van der Waals surface area contributed by atoms with Crippen LogP contribution in [-0.2, 0) is 6.54 Å². The Hall–Kier alpha value is -1.65. The average Bonchev–Trinajstić information content (AvgIpc) is 2.49. The quantitative estimate of drug-likeness (QED) is 0.758. The molecule has 4 heteroatoms. The normalized spacial score (nSPS) is 11.2. The van der Waals surface area contributed by atoms with Crippen molar-refractivity contribution in [3.8, 4) is 5.75 Å². The third-order valence-corrected chi connectivity index (χ3v) is 3.48. The van der Waals surface area contributed by atoms with Crippen LogP contribution in [0.1, 0.15) is 18.5 Å². The number of fused-ring (bicyclic) bond motifs is 1. The van der Waals surface area contributed by atoms with Crippen molar-refractivity contribution in [1.29, 1.82) is 0 Å². The Morgan fingerprint density at radius 3 is 2.76 bits per heavy atom. The number of hydrogen-bond acceptors (Lipinski definition) is 4. The lowest BCUT2D eigenvalue weighted by atomic mass is 10.2. The number of rotatable bonds is 8. The van der Waals surface area contributed by atoms with E-state index in [-0.39, 0.29) is 0 Å². The summed E-state index contributed by atoms with van der Waals surface area (Å²) in [6.45, 7) is 2.97. The first-order valence-electron chi connectivity index (χ1n) is 7.49. The van der Waals surface area contributed by atoms with Crippen LogP contribution in [0.4, 0.5) is 0 Å². The zero-order valence-electron chi connectivity index (χ0n) is 13.2. The van der Waals surface area contributed by atoms with Crippen LogP contribution in [0.2, 0.25) is 0 Å². The van der Waals surface area contributed by atoms with Gasteiger partial charge in [-0.25, -0.2) is 4.98 Å². The fourth-order valence-corrected chi connectivity index (χ4v) is 2.32. The van der Waals surface area contributed by atoms with Crippen LogP contribution in [0.15, 0.2) is 30.3 Å². The predicted molar refractivity (Wildman–Crippen MR) is 87.8 cm³/mol. The number of unbranched alkanes of at least 4 members (excludes halogenated alkanes) is 1. The van der Waals surface area contributed by atoms with Crippen molar-refractivity contribution in [2.75, 3.05) is 34.3 Å². The molecule has 0 fully saturated rings. The fourth-order valence-electron chi connectivity index (χ4n) is 2.32. The number of nitrogens with one attached hydrogen (secondary N) is 1. The van der Waals surface area contributed by atoms with Gasteiger partial charge in [0.05, 0.1) is 12.8 Å². The minimum atomic E-state index is 0.802. The van der Waals surface area contributed by atoms with E-state index >= 15 is 0 Å². The van der Waals surface area contributed by atoms with Gasteiger partial charge in [0.25, 0.3) is 0 Å². The lowest BCUT2D eigenvalue weighted by Crippen LogP contribution is -2.18. The Bertz CT molecular complexity index is 569. The molecule has 114 valence electrons. The van der Waals surface area contributed by atoms with Crippen LogP contribution in [0.5, 0.6) is 5.75 Å². The summed E-state index contributed by atoms with van der Waals surface area (Å²) >= 11 is 0. The molecule has 0 aliphatic carbocycles. The van der Waals surface area contributed by atoms with Gasteiger partial charge in [0.2, 0.25) is 0 Å².